The fourth-order valence-corrected chi connectivity index (χ4v) is 6.14. The molecule has 0 spiro atoms. The lowest BCUT2D eigenvalue weighted by atomic mass is 9.88. The van der Waals surface area contributed by atoms with E-state index in [1.54, 1.807) is 0 Å². The molecule has 4 N–H and O–H groups in total. The summed E-state index contributed by atoms with van der Waals surface area (Å²) in [5.41, 5.74) is 3.56. The van der Waals surface area contributed by atoms with Crippen molar-refractivity contribution in [2.75, 3.05) is 52.9 Å². The molecule has 0 saturated carbocycles. The number of hydrogen-bond acceptors (Lipinski definition) is 9. The number of ether oxygens (including phenoxy) is 5. The van der Waals surface area contributed by atoms with Gasteiger partial charge in [0, 0.05) is 12.3 Å². The number of hydrogen-bond donors (Lipinski definition) is 4. The van der Waals surface area contributed by atoms with E-state index in [4.69, 9.17) is 23.7 Å². The van der Waals surface area contributed by atoms with E-state index in [0.717, 1.165) is 22.3 Å². The number of benzene rings is 3. The van der Waals surface area contributed by atoms with Crippen molar-refractivity contribution >= 4 is 12.0 Å². The summed E-state index contributed by atoms with van der Waals surface area (Å²) in [4.78, 5) is 26.8. The molecule has 0 saturated heterocycles. The van der Waals surface area contributed by atoms with Gasteiger partial charge in [0.1, 0.15) is 6.61 Å². The quantitative estimate of drug-likeness (QED) is 0.110. The monoisotopic (exact) mass is 720 g/mol. The van der Waals surface area contributed by atoms with Crippen LogP contribution in [0.5, 0.6) is 0 Å². The summed E-state index contributed by atoms with van der Waals surface area (Å²) < 4.78 is 27.5. The Morgan fingerprint density at radius 1 is 0.750 bits per heavy atom. The van der Waals surface area contributed by atoms with E-state index in [-0.39, 0.29) is 31.1 Å². The SMILES string of the molecule is CC(C)(C)OCCOCCOCCOCCOC(=O)NC(Cc1ccccc1)C(O)CC(Cc1ccccc1)C(=O)N[C@H]1c2ccccc2C[C@@H]1O. The molecule has 11 heteroatoms. The molecule has 2 amide bonds. The molecule has 0 bridgehead atoms. The van der Waals surface area contributed by atoms with Crippen molar-refractivity contribution < 1.29 is 43.5 Å². The molecule has 0 radical (unpaired) electrons. The minimum absolute atomic E-state index is 0.0150. The van der Waals surface area contributed by atoms with Crippen LogP contribution in [0.2, 0.25) is 0 Å². The minimum atomic E-state index is -1.09. The van der Waals surface area contributed by atoms with Crippen molar-refractivity contribution in [2.24, 2.45) is 5.92 Å². The molecule has 0 aromatic heterocycles. The lowest BCUT2D eigenvalue weighted by Crippen LogP contribution is -2.47. The summed E-state index contributed by atoms with van der Waals surface area (Å²) >= 11 is 0. The Kier molecular flexibility index (Phi) is 17.0. The van der Waals surface area contributed by atoms with E-state index >= 15 is 0 Å². The number of rotatable bonds is 22. The summed E-state index contributed by atoms with van der Waals surface area (Å²) in [5.74, 6) is -0.915. The standard InChI is InChI=1S/C41H56N2O9/c1-41(2,3)52-25-23-50-21-19-48-18-20-49-22-24-51-40(47)42-35(27-31-14-8-5-9-15-31)36(44)29-33(26-30-12-6-4-7-13-30)39(46)43-38-34-17-11-10-16-32(34)28-37(38)45/h4-17,33,35-38,44-45H,18-29H2,1-3H3,(H,42,47)(H,43,46)/t33?,35?,36?,37-,38-/m0/s1. The number of nitrogens with one attached hydrogen (secondary N) is 2. The van der Waals surface area contributed by atoms with Crippen LogP contribution in [-0.4, -0.2) is 98.9 Å². The lowest BCUT2D eigenvalue weighted by Gasteiger charge is -2.28. The van der Waals surface area contributed by atoms with Gasteiger partial charge in [-0.05, 0) is 62.3 Å². The van der Waals surface area contributed by atoms with Crippen LogP contribution in [0.4, 0.5) is 4.79 Å². The van der Waals surface area contributed by atoms with Gasteiger partial charge in [0.2, 0.25) is 5.91 Å². The Morgan fingerprint density at radius 3 is 1.90 bits per heavy atom. The summed E-state index contributed by atoms with van der Waals surface area (Å²) in [6.45, 7) is 8.83. The van der Waals surface area contributed by atoms with Crippen LogP contribution in [0.1, 0.15) is 55.5 Å². The highest BCUT2D eigenvalue weighted by molar-refractivity contribution is 5.80. The van der Waals surface area contributed by atoms with Crippen molar-refractivity contribution in [3.05, 3.63) is 107 Å². The van der Waals surface area contributed by atoms with Gasteiger partial charge in [-0.2, -0.15) is 0 Å². The number of carbonyl (C=O) groups is 2. The first-order valence-corrected chi connectivity index (χ1v) is 18.2. The first-order valence-electron chi connectivity index (χ1n) is 18.2. The predicted octanol–water partition coefficient (Wildman–Crippen LogP) is 4.57. The highest BCUT2D eigenvalue weighted by atomic mass is 16.6. The molecule has 11 nitrogen and oxygen atoms in total. The zero-order valence-electron chi connectivity index (χ0n) is 30.7. The molecule has 1 aliphatic carbocycles. The van der Waals surface area contributed by atoms with Crippen LogP contribution >= 0.6 is 0 Å². The third kappa shape index (κ3) is 14.7. The average molecular weight is 721 g/mol. The maximum atomic E-state index is 13.9. The summed E-state index contributed by atoms with van der Waals surface area (Å²) in [6, 6.07) is 25.6. The second kappa shape index (κ2) is 21.6. The van der Waals surface area contributed by atoms with Gasteiger partial charge >= 0.3 is 6.09 Å². The molecular formula is C41H56N2O9. The molecular weight excluding hydrogens is 664 g/mol. The fraction of sp³-hybridized carbons (Fsp3) is 0.512. The van der Waals surface area contributed by atoms with Crippen molar-refractivity contribution in [3.8, 4) is 0 Å². The second-order valence-corrected chi connectivity index (χ2v) is 14.0. The van der Waals surface area contributed by atoms with Crippen LogP contribution in [-0.2, 0) is 47.7 Å². The number of carbonyl (C=O) groups excluding carboxylic acids is 2. The third-order valence-corrected chi connectivity index (χ3v) is 8.76. The van der Waals surface area contributed by atoms with E-state index in [1.807, 2.05) is 106 Å². The molecule has 3 unspecified atom stereocenters. The van der Waals surface area contributed by atoms with Gasteiger partial charge in [-0.25, -0.2) is 4.79 Å². The van der Waals surface area contributed by atoms with Gasteiger partial charge in [0.25, 0.3) is 0 Å². The van der Waals surface area contributed by atoms with Gasteiger partial charge in [0.05, 0.1) is 76.1 Å². The van der Waals surface area contributed by atoms with Crippen LogP contribution in [0.15, 0.2) is 84.9 Å². The Morgan fingerprint density at radius 2 is 1.29 bits per heavy atom. The molecule has 0 aliphatic heterocycles. The maximum absolute atomic E-state index is 13.9. The number of aliphatic hydroxyl groups is 2. The van der Waals surface area contributed by atoms with Crippen LogP contribution < -0.4 is 10.6 Å². The van der Waals surface area contributed by atoms with Gasteiger partial charge < -0.3 is 44.5 Å². The van der Waals surface area contributed by atoms with Gasteiger partial charge in [-0.1, -0.05) is 84.9 Å². The van der Waals surface area contributed by atoms with Gasteiger partial charge in [-0.15, -0.1) is 0 Å². The van der Waals surface area contributed by atoms with Crippen molar-refractivity contribution in [3.63, 3.8) is 0 Å². The molecule has 52 heavy (non-hydrogen) atoms. The molecule has 3 aromatic rings. The first kappa shape index (κ1) is 40.9. The molecule has 1 aliphatic rings. The number of aliphatic hydroxyl groups excluding tert-OH is 2. The van der Waals surface area contributed by atoms with Crippen LogP contribution in [0, 0.1) is 5.92 Å². The van der Waals surface area contributed by atoms with E-state index in [0.29, 0.717) is 58.9 Å². The molecule has 0 heterocycles. The molecule has 5 atom stereocenters. The molecule has 0 fully saturated rings. The number of alkyl carbamates (subject to hydrolysis) is 1. The summed E-state index contributed by atoms with van der Waals surface area (Å²) in [7, 11) is 0. The van der Waals surface area contributed by atoms with E-state index in [2.05, 4.69) is 10.6 Å². The third-order valence-electron chi connectivity index (χ3n) is 8.76. The Labute approximate surface area is 308 Å². The smallest absolute Gasteiger partial charge is 0.407 e. The normalized spacial score (nSPS) is 17.2. The zero-order chi connectivity index (χ0) is 37.2. The molecule has 284 valence electrons. The van der Waals surface area contributed by atoms with Crippen LogP contribution in [0.25, 0.3) is 0 Å². The lowest BCUT2D eigenvalue weighted by molar-refractivity contribution is -0.127. The van der Waals surface area contributed by atoms with Gasteiger partial charge in [0.15, 0.2) is 0 Å². The zero-order valence-corrected chi connectivity index (χ0v) is 30.7. The highest BCUT2D eigenvalue weighted by Crippen LogP contribution is 2.32. The Hall–Kier alpha value is -3.84. The Bertz CT molecular complexity index is 1470. The predicted molar refractivity (Wildman–Crippen MR) is 198 cm³/mol. The highest BCUT2D eigenvalue weighted by Gasteiger charge is 2.35. The van der Waals surface area contributed by atoms with E-state index in [1.165, 1.54) is 0 Å². The molecule has 3 aromatic carbocycles. The van der Waals surface area contributed by atoms with E-state index < -0.39 is 36.3 Å². The minimum Gasteiger partial charge on any atom is -0.447 e. The van der Waals surface area contributed by atoms with Gasteiger partial charge in [-0.3, -0.25) is 4.79 Å². The topological polar surface area (TPSA) is 145 Å². The van der Waals surface area contributed by atoms with Crippen LogP contribution in [0.3, 0.4) is 0 Å². The maximum Gasteiger partial charge on any atom is 0.407 e. The largest absolute Gasteiger partial charge is 0.447 e. The van der Waals surface area contributed by atoms with Crippen molar-refractivity contribution in [1.29, 1.82) is 0 Å². The van der Waals surface area contributed by atoms with Crippen molar-refractivity contribution in [2.45, 2.75) is 76.3 Å². The Balaban J connectivity index is 1.27. The fourth-order valence-electron chi connectivity index (χ4n) is 6.14. The summed E-state index contributed by atoms with van der Waals surface area (Å²) in [6.07, 6.45) is -1.29. The second-order valence-electron chi connectivity index (χ2n) is 14.0. The molecule has 4 rings (SSSR count). The first-order chi connectivity index (χ1) is 25.1. The summed E-state index contributed by atoms with van der Waals surface area (Å²) in [5, 5.41) is 28.4. The number of amides is 2. The number of fused-ring (bicyclic) bond motifs is 1. The van der Waals surface area contributed by atoms with E-state index in [9.17, 15) is 19.8 Å². The average Bonchev–Trinajstić information content (AvgIpc) is 3.44. The van der Waals surface area contributed by atoms with Crippen molar-refractivity contribution in [1.82, 2.24) is 10.6 Å².